The monoisotopic (exact) mass is 514 g/mol. The zero-order valence-corrected chi connectivity index (χ0v) is 21.5. The summed E-state index contributed by atoms with van der Waals surface area (Å²) in [6.45, 7) is 5.84. The number of anilines is 2. The number of Topliss-reactive ketones (excluding diaryl/α,β-unsaturated/α-hetero) is 1. The van der Waals surface area contributed by atoms with Crippen molar-refractivity contribution in [1.82, 2.24) is 15.3 Å². The highest BCUT2D eigenvalue weighted by atomic mass is 16.5. The number of ether oxygens (including phenoxy) is 2. The zero-order chi connectivity index (χ0) is 26.5. The summed E-state index contributed by atoms with van der Waals surface area (Å²) in [4.78, 5) is 34.2. The van der Waals surface area contributed by atoms with E-state index < -0.39 is 11.7 Å². The number of nitrogens with one attached hydrogen (secondary N) is 2. The summed E-state index contributed by atoms with van der Waals surface area (Å²) in [5.41, 5.74) is 2.49. The van der Waals surface area contributed by atoms with Crippen LogP contribution in [-0.2, 0) is 4.74 Å². The summed E-state index contributed by atoms with van der Waals surface area (Å²) in [6.07, 6.45) is 3.28. The van der Waals surface area contributed by atoms with Gasteiger partial charge in [-0.05, 0) is 43.7 Å². The van der Waals surface area contributed by atoms with Crippen molar-refractivity contribution in [2.45, 2.75) is 32.8 Å². The molecule has 5 rings (SSSR count). The van der Waals surface area contributed by atoms with Crippen LogP contribution in [0.1, 0.15) is 48.7 Å². The van der Waals surface area contributed by atoms with Crippen LogP contribution >= 0.6 is 0 Å². The van der Waals surface area contributed by atoms with Gasteiger partial charge < -0.3 is 24.5 Å². The first-order valence-corrected chi connectivity index (χ1v) is 12.8. The van der Waals surface area contributed by atoms with Crippen LogP contribution in [0.25, 0.3) is 22.2 Å². The Hall–Kier alpha value is -4.08. The van der Waals surface area contributed by atoms with E-state index in [0.29, 0.717) is 54.5 Å². The molecule has 4 aromatic rings. The number of rotatable bonds is 9. The molecule has 2 aromatic carbocycles. The molecule has 0 radical (unpaired) electrons. The second-order valence-corrected chi connectivity index (χ2v) is 9.10. The fourth-order valence-corrected chi connectivity index (χ4v) is 4.55. The van der Waals surface area contributed by atoms with Crippen LogP contribution in [0.5, 0.6) is 5.75 Å². The van der Waals surface area contributed by atoms with Crippen molar-refractivity contribution in [2.75, 3.05) is 31.6 Å². The van der Waals surface area contributed by atoms with Crippen molar-refractivity contribution in [3.05, 3.63) is 76.3 Å². The molecule has 1 unspecified atom stereocenters. The Bertz CT molecular complexity index is 1510. The van der Waals surface area contributed by atoms with Gasteiger partial charge in [-0.25, -0.2) is 14.8 Å². The molecule has 1 aliphatic rings. The molecule has 196 valence electrons. The third-order valence-electron chi connectivity index (χ3n) is 6.38. The Morgan fingerprint density at radius 2 is 2.08 bits per heavy atom. The highest BCUT2D eigenvalue weighted by Gasteiger charge is 2.27. The number of carbonyl (C=O) groups excluding carboxylic acids is 1. The van der Waals surface area contributed by atoms with Gasteiger partial charge in [0.1, 0.15) is 16.9 Å². The molecule has 0 spiro atoms. The molecule has 0 saturated carbocycles. The molecular weight excluding hydrogens is 484 g/mol. The molecule has 1 atom stereocenters. The molecule has 0 aliphatic carbocycles. The first kappa shape index (κ1) is 25.6. The molecule has 1 saturated heterocycles. The van der Waals surface area contributed by atoms with Gasteiger partial charge in [-0.2, -0.15) is 0 Å². The zero-order valence-electron chi connectivity index (χ0n) is 21.5. The van der Waals surface area contributed by atoms with Gasteiger partial charge in [0.15, 0.2) is 5.78 Å². The van der Waals surface area contributed by atoms with Gasteiger partial charge in [0.05, 0.1) is 25.0 Å². The topological polar surface area (TPSA) is 116 Å². The van der Waals surface area contributed by atoms with E-state index in [-0.39, 0.29) is 11.3 Å². The Labute approximate surface area is 220 Å². The first-order valence-electron chi connectivity index (χ1n) is 12.8. The number of morpholine rings is 1. The van der Waals surface area contributed by atoms with Gasteiger partial charge in [-0.3, -0.25) is 4.79 Å². The maximum Gasteiger partial charge on any atom is 0.347 e. The minimum absolute atomic E-state index is 0.0303. The van der Waals surface area contributed by atoms with Crippen LogP contribution in [0.3, 0.4) is 0 Å². The minimum atomic E-state index is -0.677. The molecule has 9 heteroatoms. The molecule has 1 aliphatic heterocycles. The largest absolute Gasteiger partial charge is 0.493 e. The molecule has 0 amide bonds. The Balaban J connectivity index is 1.47. The number of fused-ring (bicyclic) bond motifs is 1. The van der Waals surface area contributed by atoms with Crippen LogP contribution in [-0.4, -0.2) is 42.1 Å². The third-order valence-corrected chi connectivity index (χ3v) is 6.38. The lowest BCUT2D eigenvalue weighted by atomic mass is 9.96. The Morgan fingerprint density at radius 3 is 2.87 bits per heavy atom. The van der Waals surface area contributed by atoms with E-state index in [1.54, 1.807) is 12.3 Å². The number of hydrogen-bond donors (Lipinski definition) is 2. The van der Waals surface area contributed by atoms with Crippen molar-refractivity contribution in [2.24, 2.45) is 0 Å². The summed E-state index contributed by atoms with van der Waals surface area (Å²) < 4.78 is 17.4. The SMILES string of the molecule is CCCCOc1ccccc1-c1ccnc(Nc2ccc3c(C4CNCCO4)c(C(C)=O)c(=O)oc3c2)n1. The lowest BCUT2D eigenvalue weighted by molar-refractivity contribution is 0.0277. The van der Waals surface area contributed by atoms with Crippen molar-refractivity contribution >= 4 is 28.4 Å². The molecule has 1 fully saturated rings. The number of ketones is 1. The van der Waals surface area contributed by atoms with Crippen LogP contribution in [0.2, 0.25) is 0 Å². The van der Waals surface area contributed by atoms with Crippen LogP contribution in [0.4, 0.5) is 11.6 Å². The number of unbranched alkanes of at least 4 members (excludes halogenated alkanes) is 1. The first-order chi connectivity index (χ1) is 18.5. The van der Waals surface area contributed by atoms with Gasteiger partial charge in [0.2, 0.25) is 5.95 Å². The fourth-order valence-electron chi connectivity index (χ4n) is 4.55. The van der Waals surface area contributed by atoms with Crippen molar-refractivity contribution in [1.29, 1.82) is 0 Å². The summed E-state index contributed by atoms with van der Waals surface area (Å²) in [5, 5.41) is 7.11. The Kier molecular flexibility index (Phi) is 7.76. The van der Waals surface area contributed by atoms with Crippen LogP contribution < -0.4 is 21.0 Å². The number of aromatic nitrogens is 2. The number of nitrogens with zero attached hydrogens (tertiary/aromatic N) is 2. The maximum atomic E-state index is 12.8. The molecule has 2 N–H and O–H groups in total. The van der Waals surface area contributed by atoms with Crippen LogP contribution in [0.15, 0.2) is 63.9 Å². The van der Waals surface area contributed by atoms with Gasteiger partial charge in [-0.1, -0.05) is 25.5 Å². The lowest BCUT2D eigenvalue weighted by Gasteiger charge is -2.26. The molecule has 0 bridgehead atoms. The van der Waals surface area contributed by atoms with Gasteiger partial charge >= 0.3 is 5.63 Å². The minimum Gasteiger partial charge on any atom is -0.493 e. The number of carbonyl (C=O) groups is 1. The molecule has 3 heterocycles. The van der Waals surface area contributed by atoms with E-state index in [2.05, 4.69) is 27.5 Å². The molecular formula is C29H30N4O5. The van der Waals surface area contributed by atoms with E-state index in [0.717, 1.165) is 29.8 Å². The average Bonchev–Trinajstić information content (AvgIpc) is 2.93. The third kappa shape index (κ3) is 5.44. The van der Waals surface area contributed by atoms with E-state index in [9.17, 15) is 9.59 Å². The number of para-hydroxylation sites is 1. The van der Waals surface area contributed by atoms with E-state index in [1.807, 2.05) is 42.5 Å². The predicted molar refractivity (Wildman–Crippen MR) is 145 cm³/mol. The molecule has 9 nitrogen and oxygen atoms in total. The lowest BCUT2D eigenvalue weighted by Crippen LogP contribution is -2.35. The van der Waals surface area contributed by atoms with E-state index >= 15 is 0 Å². The van der Waals surface area contributed by atoms with E-state index in [4.69, 9.17) is 13.9 Å². The maximum absolute atomic E-state index is 12.8. The summed E-state index contributed by atoms with van der Waals surface area (Å²) in [6, 6.07) is 15.0. The Morgan fingerprint density at radius 1 is 1.21 bits per heavy atom. The molecule has 2 aromatic heterocycles. The quantitative estimate of drug-likeness (QED) is 0.180. The highest BCUT2D eigenvalue weighted by Crippen LogP contribution is 2.32. The summed E-state index contributed by atoms with van der Waals surface area (Å²) in [5.74, 6) is 0.801. The van der Waals surface area contributed by atoms with Crippen LogP contribution in [0, 0.1) is 0 Å². The smallest absolute Gasteiger partial charge is 0.347 e. The fraction of sp³-hybridized carbons (Fsp3) is 0.310. The van der Waals surface area contributed by atoms with E-state index in [1.165, 1.54) is 6.92 Å². The van der Waals surface area contributed by atoms with Crippen molar-refractivity contribution in [3.8, 4) is 17.0 Å². The normalized spacial score (nSPS) is 15.4. The number of benzene rings is 2. The standard InChI is InChI=1S/C29H30N4O5/c1-3-4-14-36-23-8-6-5-7-20(23)22-11-12-31-29(33-22)32-19-9-10-21-24(16-19)38-28(35)26(18(2)34)27(21)25-17-30-13-15-37-25/h5-12,16,25,30H,3-4,13-15,17H2,1-2H3,(H,31,32,33). The highest BCUT2D eigenvalue weighted by molar-refractivity contribution is 6.00. The summed E-state index contributed by atoms with van der Waals surface area (Å²) in [7, 11) is 0. The number of hydrogen-bond acceptors (Lipinski definition) is 9. The van der Waals surface area contributed by atoms with Crippen molar-refractivity contribution < 1.29 is 18.7 Å². The van der Waals surface area contributed by atoms with Crippen molar-refractivity contribution in [3.63, 3.8) is 0 Å². The summed E-state index contributed by atoms with van der Waals surface area (Å²) >= 11 is 0. The average molecular weight is 515 g/mol. The van der Waals surface area contributed by atoms with Gasteiger partial charge in [-0.15, -0.1) is 0 Å². The van der Waals surface area contributed by atoms with Gasteiger partial charge in [0, 0.05) is 47.6 Å². The second kappa shape index (κ2) is 11.5. The molecule has 38 heavy (non-hydrogen) atoms. The predicted octanol–water partition coefficient (Wildman–Crippen LogP) is 5.04. The second-order valence-electron chi connectivity index (χ2n) is 9.10. The van der Waals surface area contributed by atoms with Gasteiger partial charge in [0.25, 0.3) is 0 Å².